The highest BCUT2D eigenvalue weighted by Crippen LogP contribution is 2.25. The van der Waals surface area contributed by atoms with E-state index in [0.29, 0.717) is 12.3 Å². The molecule has 0 N–H and O–H groups in total. The number of carbonyl (C=O) groups excluding carboxylic acids is 1. The molecule has 22 heavy (non-hydrogen) atoms. The molecule has 0 saturated heterocycles. The highest BCUT2D eigenvalue weighted by molar-refractivity contribution is 9.10. The lowest BCUT2D eigenvalue weighted by Crippen LogP contribution is -2.26. The molecule has 0 aliphatic heterocycles. The number of carbonyl (C=O) groups is 1. The van der Waals surface area contributed by atoms with Gasteiger partial charge in [0.25, 0.3) is 5.91 Å². The summed E-state index contributed by atoms with van der Waals surface area (Å²) < 4.78 is 19.3. The van der Waals surface area contributed by atoms with Crippen LogP contribution >= 0.6 is 27.5 Å². The Morgan fingerprint density at radius 2 is 2.05 bits per heavy atom. The van der Waals surface area contributed by atoms with Gasteiger partial charge in [-0.25, -0.2) is 4.39 Å². The largest absolute Gasteiger partial charge is 0.496 e. The molecule has 2 aromatic rings. The van der Waals surface area contributed by atoms with Gasteiger partial charge < -0.3 is 9.64 Å². The minimum Gasteiger partial charge on any atom is -0.496 e. The first-order chi connectivity index (χ1) is 10.4. The van der Waals surface area contributed by atoms with Crippen LogP contribution in [0.25, 0.3) is 0 Å². The first-order valence-electron chi connectivity index (χ1n) is 6.45. The molecule has 0 radical (unpaired) electrons. The summed E-state index contributed by atoms with van der Waals surface area (Å²) in [5.74, 6) is -0.0713. The summed E-state index contributed by atoms with van der Waals surface area (Å²) in [6.45, 7) is 0.342. The SMILES string of the molecule is COc1ccc(Br)cc1CN(C)C(=O)c1ccc(F)cc1Cl. The Morgan fingerprint density at radius 1 is 1.32 bits per heavy atom. The zero-order valence-electron chi connectivity index (χ0n) is 12.1. The van der Waals surface area contributed by atoms with Crippen LogP contribution in [-0.2, 0) is 6.54 Å². The summed E-state index contributed by atoms with van der Waals surface area (Å²) in [5.41, 5.74) is 1.12. The highest BCUT2D eigenvalue weighted by atomic mass is 79.9. The van der Waals surface area contributed by atoms with Gasteiger partial charge in [0.05, 0.1) is 17.7 Å². The number of rotatable bonds is 4. The van der Waals surface area contributed by atoms with Crippen molar-refractivity contribution in [3.05, 3.63) is 62.8 Å². The third-order valence-corrected chi connectivity index (χ3v) is 3.96. The standard InChI is InChI=1S/C16H14BrClFNO2/c1-20(9-10-7-11(17)3-6-15(10)22-2)16(21)13-5-4-12(19)8-14(13)18/h3-8H,9H2,1-2H3. The van der Waals surface area contributed by atoms with Crippen LogP contribution in [0.15, 0.2) is 40.9 Å². The Morgan fingerprint density at radius 3 is 2.68 bits per heavy atom. The van der Waals surface area contributed by atoms with Gasteiger partial charge in [0.1, 0.15) is 11.6 Å². The molecule has 116 valence electrons. The molecular weight excluding hydrogens is 373 g/mol. The Balaban J connectivity index is 2.23. The van der Waals surface area contributed by atoms with E-state index in [1.807, 2.05) is 18.2 Å². The topological polar surface area (TPSA) is 29.5 Å². The predicted octanol–water partition coefficient (Wildman–Crippen LogP) is 4.52. The van der Waals surface area contributed by atoms with Crippen LogP contribution in [0.3, 0.4) is 0 Å². The molecule has 0 atom stereocenters. The van der Waals surface area contributed by atoms with Gasteiger partial charge in [-0.15, -0.1) is 0 Å². The van der Waals surface area contributed by atoms with E-state index in [-0.39, 0.29) is 16.5 Å². The molecule has 3 nitrogen and oxygen atoms in total. The molecule has 1 amide bonds. The second kappa shape index (κ2) is 7.11. The molecule has 0 aliphatic carbocycles. The van der Waals surface area contributed by atoms with Gasteiger partial charge in [-0.1, -0.05) is 27.5 Å². The minimum absolute atomic E-state index is 0.0954. The molecule has 0 aliphatic rings. The molecule has 2 aromatic carbocycles. The van der Waals surface area contributed by atoms with Crippen LogP contribution in [-0.4, -0.2) is 25.0 Å². The fraction of sp³-hybridized carbons (Fsp3) is 0.188. The molecule has 6 heteroatoms. The summed E-state index contributed by atoms with van der Waals surface area (Å²) in [6, 6.07) is 9.29. The Hall–Kier alpha value is -1.59. The van der Waals surface area contributed by atoms with Crippen LogP contribution in [0.1, 0.15) is 15.9 Å². The summed E-state index contributed by atoms with van der Waals surface area (Å²) in [7, 11) is 3.23. The first-order valence-corrected chi connectivity index (χ1v) is 7.62. The molecule has 2 rings (SSSR count). The average Bonchev–Trinajstić information content (AvgIpc) is 2.47. The Kier molecular flexibility index (Phi) is 5.42. The van der Waals surface area contributed by atoms with Crippen molar-refractivity contribution < 1.29 is 13.9 Å². The number of hydrogen-bond acceptors (Lipinski definition) is 2. The van der Waals surface area contributed by atoms with Crippen molar-refractivity contribution in [2.45, 2.75) is 6.54 Å². The number of nitrogens with zero attached hydrogens (tertiary/aromatic N) is 1. The quantitative estimate of drug-likeness (QED) is 0.773. The molecule has 0 fully saturated rings. The van der Waals surface area contributed by atoms with Gasteiger partial charge in [0.2, 0.25) is 0 Å². The van der Waals surface area contributed by atoms with Crippen LogP contribution in [0.5, 0.6) is 5.75 Å². The van der Waals surface area contributed by atoms with E-state index < -0.39 is 5.82 Å². The third kappa shape index (κ3) is 3.78. The van der Waals surface area contributed by atoms with Crippen LogP contribution < -0.4 is 4.74 Å². The van der Waals surface area contributed by atoms with Gasteiger partial charge in [0.15, 0.2) is 0 Å². The van der Waals surface area contributed by atoms with Crippen molar-refractivity contribution in [1.29, 1.82) is 0 Å². The van der Waals surface area contributed by atoms with E-state index in [1.54, 1.807) is 14.2 Å². The predicted molar refractivity (Wildman–Crippen MR) is 87.9 cm³/mol. The molecular formula is C16H14BrClFNO2. The van der Waals surface area contributed by atoms with E-state index in [9.17, 15) is 9.18 Å². The van der Waals surface area contributed by atoms with Crippen LogP contribution in [0, 0.1) is 5.82 Å². The van der Waals surface area contributed by atoms with E-state index in [2.05, 4.69) is 15.9 Å². The number of hydrogen-bond donors (Lipinski definition) is 0. The zero-order valence-corrected chi connectivity index (χ0v) is 14.4. The van der Waals surface area contributed by atoms with Gasteiger partial charge in [-0.05, 0) is 36.4 Å². The van der Waals surface area contributed by atoms with Gasteiger partial charge >= 0.3 is 0 Å². The molecule has 0 heterocycles. The Labute approximate surface area is 141 Å². The van der Waals surface area contributed by atoms with Crippen molar-refractivity contribution in [2.24, 2.45) is 0 Å². The maximum absolute atomic E-state index is 13.1. The summed E-state index contributed by atoms with van der Waals surface area (Å²) in [4.78, 5) is 13.9. The fourth-order valence-electron chi connectivity index (χ4n) is 2.07. The van der Waals surface area contributed by atoms with Crippen LogP contribution in [0.2, 0.25) is 5.02 Å². The smallest absolute Gasteiger partial charge is 0.255 e. The maximum Gasteiger partial charge on any atom is 0.255 e. The van der Waals surface area contributed by atoms with E-state index >= 15 is 0 Å². The number of benzene rings is 2. The summed E-state index contributed by atoms with van der Waals surface area (Å²) in [5, 5.41) is 0.0954. The van der Waals surface area contributed by atoms with Crippen molar-refractivity contribution in [3.63, 3.8) is 0 Å². The van der Waals surface area contributed by atoms with Gasteiger partial charge in [-0.2, -0.15) is 0 Å². The zero-order chi connectivity index (χ0) is 16.3. The lowest BCUT2D eigenvalue weighted by Gasteiger charge is -2.19. The highest BCUT2D eigenvalue weighted by Gasteiger charge is 2.17. The number of methoxy groups -OCH3 is 1. The lowest BCUT2D eigenvalue weighted by molar-refractivity contribution is 0.0784. The fourth-order valence-corrected chi connectivity index (χ4v) is 2.72. The molecule has 0 spiro atoms. The maximum atomic E-state index is 13.1. The third-order valence-electron chi connectivity index (χ3n) is 3.16. The molecule has 0 saturated carbocycles. The number of ether oxygens (including phenoxy) is 1. The van der Waals surface area contributed by atoms with Gasteiger partial charge in [-0.3, -0.25) is 4.79 Å². The molecule has 0 bridgehead atoms. The summed E-state index contributed by atoms with van der Waals surface area (Å²) >= 11 is 9.33. The van der Waals surface area contributed by atoms with Gasteiger partial charge in [0, 0.05) is 23.6 Å². The van der Waals surface area contributed by atoms with E-state index in [1.165, 1.54) is 17.0 Å². The lowest BCUT2D eigenvalue weighted by atomic mass is 10.1. The number of halogens is 3. The molecule has 0 unspecified atom stereocenters. The monoisotopic (exact) mass is 385 g/mol. The van der Waals surface area contributed by atoms with Crippen LogP contribution in [0.4, 0.5) is 4.39 Å². The second-order valence-electron chi connectivity index (χ2n) is 4.74. The normalized spacial score (nSPS) is 10.4. The van der Waals surface area contributed by atoms with Crippen molar-refractivity contribution in [1.82, 2.24) is 4.90 Å². The molecule has 0 aromatic heterocycles. The number of amides is 1. The van der Waals surface area contributed by atoms with E-state index in [4.69, 9.17) is 16.3 Å². The van der Waals surface area contributed by atoms with E-state index in [0.717, 1.165) is 16.1 Å². The first kappa shape index (κ1) is 16.8. The van der Waals surface area contributed by atoms with Crippen molar-refractivity contribution >= 4 is 33.4 Å². The van der Waals surface area contributed by atoms with Crippen molar-refractivity contribution in [3.8, 4) is 5.75 Å². The summed E-state index contributed by atoms with van der Waals surface area (Å²) in [6.07, 6.45) is 0. The Bertz CT molecular complexity index is 709. The minimum atomic E-state index is -0.474. The van der Waals surface area contributed by atoms with Crippen molar-refractivity contribution in [2.75, 3.05) is 14.2 Å². The average molecular weight is 387 g/mol. The second-order valence-corrected chi connectivity index (χ2v) is 6.06.